The predicted octanol–water partition coefficient (Wildman–Crippen LogP) is 1.32. The van der Waals surface area contributed by atoms with E-state index in [1.165, 1.54) is 0 Å². The van der Waals surface area contributed by atoms with Gasteiger partial charge in [-0.1, -0.05) is 13.8 Å². The van der Waals surface area contributed by atoms with Crippen molar-refractivity contribution in [2.24, 2.45) is 5.92 Å². The molecule has 1 aliphatic heterocycles. The number of carbonyl (C=O) groups excluding carboxylic acids is 2. The van der Waals surface area contributed by atoms with E-state index in [2.05, 4.69) is 0 Å². The first kappa shape index (κ1) is 12.2. The number of esters is 1. The summed E-state index contributed by atoms with van der Waals surface area (Å²) in [5.41, 5.74) is -0.913. The van der Waals surface area contributed by atoms with E-state index >= 15 is 0 Å². The number of ketones is 1. The normalized spacial score (nSPS) is 26.8. The van der Waals surface area contributed by atoms with Crippen LogP contribution in [0.4, 0.5) is 0 Å². The van der Waals surface area contributed by atoms with Crippen molar-refractivity contribution in [3.63, 3.8) is 0 Å². The van der Waals surface area contributed by atoms with Gasteiger partial charge in [-0.2, -0.15) is 0 Å². The Morgan fingerprint density at radius 2 is 2.27 bits per heavy atom. The molecule has 15 heavy (non-hydrogen) atoms. The van der Waals surface area contributed by atoms with Crippen LogP contribution in [-0.4, -0.2) is 30.6 Å². The van der Waals surface area contributed by atoms with Gasteiger partial charge in [-0.3, -0.25) is 4.79 Å². The van der Waals surface area contributed by atoms with Crippen molar-refractivity contribution in [2.45, 2.75) is 39.2 Å². The Balaban J connectivity index is 2.79. The maximum atomic E-state index is 11.8. The van der Waals surface area contributed by atoms with Gasteiger partial charge in [0.1, 0.15) is 6.61 Å². The van der Waals surface area contributed by atoms with E-state index in [1.807, 2.05) is 13.8 Å². The molecular formula is C11H18O4. The zero-order valence-corrected chi connectivity index (χ0v) is 9.54. The van der Waals surface area contributed by atoms with Crippen molar-refractivity contribution < 1.29 is 19.1 Å². The van der Waals surface area contributed by atoms with Crippen LogP contribution in [-0.2, 0) is 19.1 Å². The van der Waals surface area contributed by atoms with Crippen LogP contribution in [0.5, 0.6) is 0 Å². The standard InChI is InChI=1S/C11H18O4/c1-4-14-10(13)11(8(2)3)6-5-9(12)7-15-11/h8H,4-7H2,1-3H3. The van der Waals surface area contributed by atoms with Crippen LogP contribution >= 0.6 is 0 Å². The molecule has 1 unspecified atom stereocenters. The van der Waals surface area contributed by atoms with E-state index in [1.54, 1.807) is 6.92 Å². The van der Waals surface area contributed by atoms with E-state index < -0.39 is 5.60 Å². The fourth-order valence-electron chi connectivity index (χ4n) is 1.78. The number of rotatable bonds is 3. The highest BCUT2D eigenvalue weighted by Crippen LogP contribution is 2.32. The molecule has 0 aromatic carbocycles. The predicted molar refractivity (Wildman–Crippen MR) is 54.4 cm³/mol. The largest absolute Gasteiger partial charge is 0.464 e. The van der Waals surface area contributed by atoms with Gasteiger partial charge in [-0.05, 0) is 19.3 Å². The number of ether oxygens (including phenoxy) is 2. The summed E-state index contributed by atoms with van der Waals surface area (Å²) >= 11 is 0. The molecule has 0 aromatic heterocycles. The Kier molecular flexibility index (Phi) is 3.85. The summed E-state index contributed by atoms with van der Waals surface area (Å²) in [6.45, 7) is 5.95. The monoisotopic (exact) mass is 214 g/mol. The van der Waals surface area contributed by atoms with E-state index in [0.29, 0.717) is 19.4 Å². The lowest BCUT2D eigenvalue weighted by Gasteiger charge is -2.37. The van der Waals surface area contributed by atoms with Crippen LogP contribution in [0.2, 0.25) is 0 Å². The van der Waals surface area contributed by atoms with Gasteiger partial charge in [0.05, 0.1) is 6.61 Å². The summed E-state index contributed by atoms with van der Waals surface area (Å²) in [6.07, 6.45) is 0.833. The second kappa shape index (κ2) is 4.75. The molecule has 86 valence electrons. The molecule has 4 nitrogen and oxygen atoms in total. The summed E-state index contributed by atoms with van der Waals surface area (Å²) in [4.78, 5) is 22.9. The lowest BCUT2D eigenvalue weighted by Crippen LogP contribution is -2.51. The van der Waals surface area contributed by atoms with E-state index in [0.717, 1.165) is 0 Å². The first-order valence-electron chi connectivity index (χ1n) is 5.35. The third-order valence-corrected chi connectivity index (χ3v) is 2.82. The molecule has 0 aromatic rings. The van der Waals surface area contributed by atoms with E-state index in [9.17, 15) is 9.59 Å². The van der Waals surface area contributed by atoms with Crippen LogP contribution in [0.15, 0.2) is 0 Å². The first-order valence-corrected chi connectivity index (χ1v) is 5.35. The van der Waals surface area contributed by atoms with Gasteiger partial charge < -0.3 is 9.47 Å². The summed E-state index contributed by atoms with van der Waals surface area (Å²) in [5, 5.41) is 0. The van der Waals surface area contributed by atoms with Gasteiger partial charge in [0.15, 0.2) is 11.4 Å². The second-order valence-electron chi connectivity index (χ2n) is 4.09. The number of carbonyl (C=O) groups is 2. The molecule has 0 spiro atoms. The fourth-order valence-corrected chi connectivity index (χ4v) is 1.78. The maximum absolute atomic E-state index is 11.8. The van der Waals surface area contributed by atoms with Gasteiger partial charge in [-0.25, -0.2) is 4.79 Å². The minimum absolute atomic E-state index is 0.0182. The van der Waals surface area contributed by atoms with Crippen LogP contribution in [0.1, 0.15) is 33.6 Å². The van der Waals surface area contributed by atoms with Crippen molar-refractivity contribution in [2.75, 3.05) is 13.2 Å². The summed E-state index contributed by atoms with van der Waals surface area (Å²) < 4.78 is 10.4. The Morgan fingerprint density at radius 3 is 2.67 bits per heavy atom. The molecule has 0 bridgehead atoms. The highest BCUT2D eigenvalue weighted by atomic mass is 16.6. The zero-order chi connectivity index (χ0) is 11.5. The molecule has 0 aliphatic carbocycles. The summed E-state index contributed by atoms with van der Waals surface area (Å²) in [5.74, 6) is -0.271. The van der Waals surface area contributed by atoms with Crippen LogP contribution in [0.25, 0.3) is 0 Å². The van der Waals surface area contributed by atoms with Crippen molar-refractivity contribution in [1.29, 1.82) is 0 Å². The summed E-state index contributed by atoms with van der Waals surface area (Å²) in [6, 6.07) is 0. The first-order chi connectivity index (χ1) is 7.03. The average molecular weight is 214 g/mol. The molecule has 1 heterocycles. The van der Waals surface area contributed by atoms with Crippen LogP contribution < -0.4 is 0 Å². The average Bonchev–Trinajstić information content (AvgIpc) is 2.19. The highest BCUT2D eigenvalue weighted by molar-refractivity contribution is 5.86. The zero-order valence-electron chi connectivity index (χ0n) is 9.54. The SMILES string of the molecule is CCOC(=O)C1(C(C)C)CCC(=O)CO1. The highest BCUT2D eigenvalue weighted by Gasteiger charge is 2.46. The molecule has 0 radical (unpaired) electrons. The number of Topliss-reactive ketones (excluding diaryl/α,β-unsaturated/α-hetero) is 1. The molecule has 4 heteroatoms. The third kappa shape index (κ3) is 2.37. The quantitative estimate of drug-likeness (QED) is 0.665. The van der Waals surface area contributed by atoms with Gasteiger partial charge in [0.25, 0.3) is 0 Å². The smallest absolute Gasteiger partial charge is 0.338 e. The topological polar surface area (TPSA) is 52.6 Å². The van der Waals surface area contributed by atoms with Crippen molar-refractivity contribution in [3.05, 3.63) is 0 Å². The fraction of sp³-hybridized carbons (Fsp3) is 0.818. The van der Waals surface area contributed by atoms with Crippen molar-refractivity contribution >= 4 is 11.8 Å². The molecule has 0 amide bonds. The summed E-state index contributed by atoms with van der Waals surface area (Å²) in [7, 11) is 0. The Labute approximate surface area is 89.9 Å². The van der Waals surface area contributed by atoms with Gasteiger partial charge in [0.2, 0.25) is 0 Å². The second-order valence-corrected chi connectivity index (χ2v) is 4.09. The Hall–Kier alpha value is -0.900. The number of hydrogen-bond donors (Lipinski definition) is 0. The van der Waals surface area contributed by atoms with Crippen molar-refractivity contribution in [1.82, 2.24) is 0 Å². The van der Waals surface area contributed by atoms with Gasteiger partial charge in [-0.15, -0.1) is 0 Å². The van der Waals surface area contributed by atoms with Crippen LogP contribution in [0.3, 0.4) is 0 Å². The molecular weight excluding hydrogens is 196 g/mol. The molecule has 1 saturated heterocycles. The van der Waals surface area contributed by atoms with Crippen LogP contribution in [0, 0.1) is 5.92 Å². The van der Waals surface area contributed by atoms with E-state index in [-0.39, 0.29) is 24.3 Å². The molecule has 1 rings (SSSR count). The third-order valence-electron chi connectivity index (χ3n) is 2.82. The molecule has 1 fully saturated rings. The molecule has 0 saturated carbocycles. The molecule has 1 aliphatic rings. The molecule has 1 atom stereocenters. The van der Waals surface area contributed by atoms with Crippen molar-refractivity contribution in [3.8, 4) is 0 Å². The molecule has 0 N–H and O–H groups in total. The van der Waals surface area contributed by atoms with Gasteiger partial charge >= 0.3 is 5.97 Å². The minimum Gasteiger partial charge on any atom is -0.464 e. The maximum Gasteiger partial charge on any atom is 0.338 e. The van der Waals surface area contributed by atoms with Gasteiger partial charge in [0, 0.05) is 6.42 Å². The minimum atomic E-state index is -0.913. The lowest BCUT2D eigenvalue weighted by molar-refractivity contribution is -0.187. The van der Waals surface area contributed by atoms with E-state index in [4.69, 9.17) is 9.47 Å². The number of hydrogen-bond acceptors (Lipinski definition) is 4. The lowest BCUT2D eigenvalue weighted by atomic mass is 9.83. The Morgan fingerprint density at radius 1 is 1.60 bits per heavy atom. The Bertz CT molecular complexity index is 247.